The van der Waals surface area contributed by atoms with Crippen LogP contribution in [0.5, 0.6) is 0 Å². The summed E-state index contributed by atoms with van der Waals surface area (Å²) in [4.78, 5) is 0.400. The van der Waals surface area contributed by atoms with E-state index < -0.39 is 16.3 Å². The van der Waals surface area contributed by atoms with Gasteiger partial charge in [0, 0.05) is 6.54 Å². The van der Waals surface area contributed by atoms with E-state index in [0.717, 1.165) is 30.4 Å². The van der Waals surface area contributed by atoms with Gasteiger partial charge in [-0.15, -0.1) is 0 Å². The Hall–Kier alpha value is -0.950. The van der Waals surface area contributed by atoms with Crippen LogP contribution < -0.4 is 0 Å². The molecule has 1 aromatic carbocycles. The lowest BCUT2D eigenvalue weighted by atomic mass is 10.0. The Bertz CT molecular complexity index is 638. The fourth-order valence-electron chi connectivity index (χ4n) is 3.21. The van der Waals surface area contributed by atoms with Gasteiger partial charge in [-0.1, -0.05) is 18.6 Å². The quantitative estimate of drug-likeness (QED) is 0.855. The van der Waals surface area contributed by atoms with Crippen LogP contribution in [0.25, 0.3) is 0 Å². The maximum absolute atomic E-state index is 13.1. The van der Waals surface area contributed by atoms with Crippen LogP contribution in [-0.4, -0.2) is 44.8 Å². The molecule has 2 saturated heterocycles. The van der Waals surface area contributed by atoms with E-state index in [1.807, 2.05) is 26.0 Å². The minimum Gasteiger partial charge on any atom is -0.349 e. The van der Waals surface area contributed by atoms with Crippen LogP contribution in [0.4, 0.5) is 0 Å². The van der Waals surface area contributed by atoms with Crippen LogP contribution in [0, 0.1) is 13.8 Å². The summed E-state index contributed by atoms with van der Waals surface area (Å²) in [6.45, 7) is 5.36. The summed E-state index contributed by atoms with van der Waals surface area (Å²) in [6.07, 6.45) is 2.24. The van der Waals surface area contributed by atoms with Crippen molar-refractivity contribution in [2.24, 2.45) is 0 Å². The third-order valence-corrected chi connectivity index (χ3v) is 6.46. The van der Waals surface area contributed by atoms with E-state index in [-0.39, 0.29) is 6.04 Å². The van der Waals surface area contributed by atoms with Crippen LogP contribution in [0.3, 0.4) is 0 Å². The Morgan fingerprint density at radius 3 is 2.59 bits per heavy atom. The standard InChI is InChI=1S/C16H23NO4S/c1-12-6-7-13(2)15(11-12)22(18,19)17-8-4-3-5-14(17)16-20-9-10-21-16/h6-7,11,14,16H,3-5,8-10H2,1-2H3/t14-/m0/s1. The highest BCUT2D eigenvalue weighted by Gasteiger charge is 2.40. The first-order valence-corrected chi connectivity index (χ1v) is 9.26. The second-order valence-electron chi connectivity index (χ2n) is 6.06. The first kappa shape index (κ1) is 15.9. The monoisotopic (exact) mass is 325 g/mol. The highest BCUT2D eigenvalue weighted by Crippen LogP contribution is 2.31. The predicted molar refractivity (Wildman–Crippen MR) is 83.1 cm³/mol. The average molecular weight is 325 g/mol. The van der Waals surface area contributed by atoms with Gasteiger partial charge in [0.1, 0.15) is 0 Å². The molecule has 2 aliphatic heterocycles. The van der Waals surface area contributed by atoms with Gasteiger partial charge in [0.2, 0.25) is 10.0 Å². The van der Waals surface area contributed by atoms with Crippen molar-refractivity contribution < 1.29 is 17.9 Å². The first-order valence-electron chi connectivity index (χ1n) is 7.82. The summed E-state index contributed by atoms with van der Waals surface area (Å²) in [7, 11) is -3.53. The fraction of sp³-hybridized carbons (Fsp3) is 0.625. The molecule has 5 nitrogen and oxygen atoms in total. The lowest BCUT2D eigenvalue weighted by Gasteiger charge is -2.37. The van der Waals surface area contributed by atoms with Crippen molar-refractivity contribution in [1.29, 1.82) is 0 Å². The zero-order valence-electron chi connectivity index (χ0n) is 13.1. The van der Waals surface area contributed by atoms with Gasteiger partial charge in [0.25, 0.3) is 0 Å². The van der Waals surface area contributed by atoms with Crippen molar-refractivity contribution in [3.8, 4) is 0 Å². The maximum atomic E-state index is 13.1. The molecule has 0 unspecified atom stereocenters. The van der Waals surface area contributed by atoms with Gasteiger partial charge in [0.05, 0.1) is 24.2 Å². The molecular weight excluding hydrogens is 302 g/mol. The van der Waals surface area contributed by atoms with Gasteiger partial charge in [-0.25, -0.2) is 8.42 Å². The molecule has 0 aromatic heterocycles. The maximum Gasteiger partial charge on any atom is 0.243 e. The van der Waals surface area contributed by atoms with Crippen LogP contribution in [0.1, 0.15) is 30.4 Å². The molecule has 3 rings (SSSR count). The Morgan fingerprint density at radius 2 is 1.86 bits per heavy atom. The summed E-state index contributed by atoms with van der Waals surface area (Å²) >= 11 is 0. The van der Waals surface area contributed by atoms with Crippen LogP contribution in [0.15, 0.2) is 23.1 Å². The molecule has 0 radical (unpaired) electrons. The van der Waals surface area contributed by atoms with E-state index in [9.17, 15) is 8.42 Å². The lowest BCUT2D eigenvalue weighted by molar-refractivity contribution is -0.0913. The smallest absolute Gasteiger partial charge is 0.243 e. The van der Waals surface area contributed by atoms with E-state index >= 15 is 0 Å². The first-order chi connectivity index (χ1) is 10.5. The summed E-state index contributed by atoms with van der Waals surface area (Å²) in [5.74, 6) is 0. The minimum absolute atomic E-state index is 0.221. The normalized spacial score (nSPS) is 24.7. The second kappa shape index (κ2) is 6.28. The highest BCUT2D eigenvalue weighted by atomic mass is 32.2. The molecule has 1 atom stereocenters. The zero-order valence-corrected chi connectivity index (χ0v) is 13.9. The minimum atomic E-state index is -3.53. The molecule has 0 spiro atoms. The molecular formula is C16H23NO4S. The Kier molecular flexibility index (Phi) is 4.54. The molecule has 0 N–H and O–H groups in total. The summed E-state index contributed by atoms with van der Waals surface area (Å²) in [6, 6.07) is 5.34. The molecule has 0 bridgehead atoms. The molecule has 0 saturated carbocycles. The topological polar surface area (TPSA) is 55.8 Å². The number of ether oxygens (including phenoxy) is 2. The van der Waals surface area contributed by atoms with Crippen molar-refractivity contribution >= 4 is 10.0 Å². The van der Waals surface area contributed by atoms with Gasteiger partial charge in [-0.3, -0.25) is 0 Å². The molecule has 1 aromatic rings. The van der Waals surface area contributed by atoms with Crippen molar-refractivity contribution in [2.75, 3.05) is 19.8 Å². The third-order valence-electron chi connectivity index (χ3n) is 4.39. The van der Waals surface area contributed by atoms with E-state index in [1.54, 1.807) is 10.4 Å². The highest BCUT2D eigenvalue weighted by molar-refractivity contribution is 7.89. The van der Waals surface area contributed by atoms with Gasteiger partial charge < -0.3 is 9.47 Å². The summed E-state index contributed by atoms with van der Waals surface area (Å²) in [5.41, 5.74) is 1.73. The molecule has 0 amide bonds. The molecule has 6 heteroatoms. The number of hydrogen-bond acceptors (Lipinski definition) is 4. The van der Waals surface area contributed by atoms with Gasteiger partial charge in [0.15, 0.2) is 6.29 Å². The van der Waals surface area contributed by atoms with Crippen molar-refractivity contribution in [3.63, 3.8) is 0 Å². The lowest BCUT2D eigenvalue weighted by Crippen LogP contribution is -2.50. The number of rotatable bonds is 3. The Labute approximate surface area is 132 Å². The molecule has 22 heavy (non-hydrogen) atoms. The SMILES string of the molecule is Cc1ccc(C)c(S(=O)(=O)N2CCCC[C@H]2C2OCCO2)c1. The van der Waals surface area contributed by atoms with E-state index in [1.165, 1.54) is 0 Å². The predicted octanol–water partition coefficient (Wildman–Crippen LogP) is 2.22. The molecule has 2 heterocycles. The van der Waals surface area contributed by atoms with E-state index in [0.29, 0.717) is 24.7 Å². The number of nitrogens with zero attached hydrogens (tertiary/aromatic N) is 1. The van der Waals surface area contributed by atoms with Gasteiger partial charge >= 0.3 is 0 Å². The van der Waals surface area contributed by atoms with E-state index in [4.69, 9.17) is 9.47 Å². The van der Waals surface area contributed by atoms with Gasteiger partial charge in [-0.05, 0) is 43.9 Å². The third kappa shape index (κ3) is 2.93. The summed E-state index contributed by atoms with van der Waals surface area (Å²) < 4.78 is 39.0. The zero-order chi connectivity index (χ0) is 15.7. The number of benzene rings is 1. The average Bonchev–Trinajstić information content (AvgIpc) is 3.04. The summed E-state index contributed by atoms with van der Waals surface area (Å²) in [5, 5.41) is 0. The fourth-order valence-corrected chi connectivity index (χ4v) is 5.20. The molecule has 2 aliphatic rings. The Morgan fingerprint density at radius 1 is 1.14 bits per heavy atom. The van der Waals surface area contributed by atoms with Crippen LogP contribution in [-0.2, 0) is 19.5 Å². The molecule has 122 valence electrons. The van der Waals surface area contributed by atoms with Crippen molar-refractivity contribution in [3.05, 3.63) is 29.3 Å². The van der Waals surface area contributed by atoms with Crippen molar-refractivity contribution in [2.45, 2.75) is 50.3 Å². The number of aryl methyl sites for hydroxylation is 2. The number of piperidine rings is 1. The number of hydrogen-bond donors (Lipinski definition) is 0. The van der Waals surface area contributed by atoms with E-state index in [2.05, 4.69) is 0 Å². The second-order valence-corrected chi connectivity index (χ2v) is 7.92. The van der Waals surface area contributed by atoms with Crippen LogP contribution in [0.2, 0.25) is 0 Å². The molecule has 2 fully saturated rings. The Balaban J connectivity index is 1.96. The largest absolute Gasteiger partial charge is 0.349 e. The number of sulfonamides is 1. The molecule has 0 aliphatic carbocycles. The van der Waals surface area contributed by atoms with Crippen LogP contribution >= 0.6 is 0 Å². The van der Waals surface area contributed by atoms with Gasteiger partial charge in [-0.2, -0.15) is 4.31 Å². The van der Waals surface area contributed by atoms with Crippen molar-refractivity contribution in [1.82, 2.24) is 4.31 Å².